The smallest absolute Gasteiger partial charge is 0.328 e. The Hall–Kier alpha value is -1.59. The lowest BCUT2D eigenvalue weighted by Gasteiger charge is -2.37. The highest BCUT2D eigenvalue weighted by atomic mass is 16.6. The Kier molecular flexibility index (Phi) is 19.3. The highest BCUT2D eigenvalue weighted by Crippen LogP contribution is 2.32. The van der Waals surface area contributed by atoms with E-state index in [1.54, 1.807) is 0 Å². The highest BCUT2D eigenvalue weighted by Gasteiger charge is 2.43. The maximum absolute atomic E-state index is 12.9. The number of ether oxygens (including phenoxy) is 2. The summed E-state index contributed by atoms with van der Waals surface area (Å²) in [7, 11) is 0. The summed E-state index contributed by atoms with van der Waals surface area (Å²) in [5.41, 5.74) is 0. The van der Waals surface area contributed by atoms with Crippen molar-refractivity contribution >= 4 is 18.3 Å². The van der Waals surface area contributed by atoms with E-state index in [0.717, 1.165) is 38.5 Å². The van der Waals surface area contributed by atoms with E-state index >= 15 is 0 Å². The molecule has 6 heteroatoms. The van der Waals surface area contributed by atoms with Crippen LogP contribution in [0.25, 0.3) is 0 Å². The minimum absolute atomic E-state index is 0.0741. The van der Waals surface area contributed by atoms with E-state index in [1.807, 2.05) is 13.8 Å². The van der Waals surface area contributed by atoms with Crippen molar-refractivity contribution in [2.45, 2.75) is 168 Å². The number of nitrogens with one attached hydrogen (secondary N) is 1. The largest absolute Gasteiger partial charge is 0.461 e. The summed E-state index contributed by atoms with van der Waals surface area (Å²) < 4.78 is 11.4. The van der Waals surface area contributed by atoms with Crippen LogP contribution in [-0.4, -0.2) is 36.6 Å². The van der Waals surface area contributed by atoms with Crippen molar-refractivity contribution in [1.82, 2.24) is 5.32 Å². The average molecular weight is 524 g/mol. The van der Waals surface area contributed by atoms with E-state index in [0.29, 0.717) is 19.3 Å². The molecule has 0 aromatic carbocycles. The van der Waals surface area contributed by atoms with Crippen LogP contribution in [0.5, 0.6) is 0 Å². The van der Waals surface area contributed by atoms with Crippen LogP contribution in [0.4, 0.5) is 0 Å². The molecule has 1 aliphatic rings. The van der Waals surface area contributed by atoms with Gasteiger partial charge in [0.15, 0.2) is 0 Å². The zero-order chi connectivity index (χ0) is 27.3. The molecule has 0 saturated carbocycles. The molecule has 1 unspecified atom stereocenters. The number of esters is 2. The zero-order valence-corrected chi connectivity index (χ0v) is 24.4. The number of hydrogen-bond donors (Lipinski definition) is 1. The van der Waals surface area contributed by atoms with Gasteiger partial charge in [0.2, 0.25) is 6.41 Å². The fourth-order valence-corrected chi connectivity index (χ4v) is 5.26. The van der Waals surface area contributed by atoms with Crippen LogP contribution in [0, 0.1) is 11.8 Å². The first kappa shape index (κ1) is 33.4. The molecule has 1 heterocycles. The second-order valence-electron chi connectivity index (χ2n) is 11.5. The normalized spacial score (nSPS) is 18.7. The minimum atomic E-state index is -0.633. The molecule has 4 atom stereocenters. The summed E-state index contributed by atoms with van der Waals surface area (Å²) in [5, 5.41) is 2.63. The maximum atomic E-state index is 12.9. The van der Waals surface area contributed by atoms with Crippen molar-refractivity contribution < 1.29 is 23.9 Å². The van der Waals surface area contributed by atoms with Crippen LogP contribution in [0.15, 0.2) is 0 Å². The third kappa shape index (κ3) is 15.4. The Morgan fingerprint density at radius 2 is 1.43 bits per heavy atom. The molecule has 0 aromatic rings. The molecule has 1 rings (SSSR count). The molecule has 1 aliphatic heterocycles. The molecule has 0 spiro atoms. The number of cyclic esters (lactones) is 1. The van der Waals surface area contributed by atoms with E-state index in [-0.39, 0.29) is 36.0 Å². The van der Waals surface area contributed by atoms with Gasteiger partial charge in [0.25, 0.3) is 0 Å². The third-order valence-corrected chi connectivity index (χ3v) is 7.56. The van der Waals surface area contributed by atoms with Gasteiger partial charge < -0.3 is 14.8 Å². The first-order valence-electron chi connectivity index (χ1n) is 15.5. The van der Waals surface area contributed by atoms with Crippen molar-refractivity contribution in [1.29, 1.82) is 0 Å². The highest BCUT2D eigenvalue weighted by molar-refractivity contribution is 5.79. The number of amides is 1. The average Bonchev–Trinajstić information content (AvgIpc) is 2.86. The summed E-state index contributed by atoms with van der Waals surface area (Å²) in [6, 6.07) is -0.633. The number of carbonyl (C=O) groups excluding carboxylic acids is 3. The summed E-state index contributed by atoms with van der Waals surface area (Å²) >= 11 is 0. The Morgan fingerprint density at radius 3 is 1.95 bits per heavy atom. The summed E-state index contributed by atoms with van der Waals surface area (Å²) in [6.07, 6.45) is 21.3. The van der Waals surface area contributed by atoms with Gasteiger partial charge >= 0.3 is 11.9 Å². The topological polar surface area (TPSA) is 81.7 Å². The summed E-state index contributed by atoms with van der Waals surface area (Å²) in [4.78, 5) is 36.1. The van der Waals surface area contributed by atoms with Gasteiger partial charge in [-0.25, -0.2) is 4.79 Å². The molecule has 1 N–H and O–H groups in total. The minimum Gasteiger partial charge on any atom is -0.461 e. The molecule has 0 bridgehead atoms. The van der Waals surface area contributed by atoms with Gasteiger partial charge in [0.05, 0.1) is 5.92 Å². The van der Waals surface area contributed by atoms with Gasteiger partial charge in [0, 0.05) is 6.42 Å². The Labute approximate surface area is 227 Å². The first-order chi connectivity index (χ1) is 17.9. The molecule has 0 aliphatic carbocycles. The molecular weight excluding hydrogens is 466 g/mol. The second kappa shape index (κ2) is 21.4. The quantitative estimate of drug-likeness (QED) is 0.0754. The Morgan fingerprint density at radius 1 is 0.892 bits per heavy atom. The lowest BCUT2D eigenvalue weighted by atomic mass is 9.86. The van der Waals surface area contributed by atoms with Gasteiger partial charge in [-0.05, 0) is 31.6 Å². The van der Waals surface area contributed by atoms with E-state index in [2.05, 4.69) is 19.2 Å². The number of unbranched alkanes of at least 4 members (excludes halogenated alkanes) is 13. The van der Waals surface area contributed by atoms with Crippen LogP contribution < -0.4 is 5.32 Å². The van der Waals surface area contributed by atoms with Crippen LogP contribution >= 0.6 is 0 Å². The number of rotatable bonds is 25. The van der Waals surface area contributed by atoms with Gasteiger partial charge in [-0.3, -0.25) is 9.59 Å². The summed E-state index contributed by atoms with van der Waals surface area (Å²) in [5.74, 6) is -0.300. The van der Waals surface area contributed by atoms with Crippen LogP contribution in [0.2, 0.25) is 0 Å². The molecule has 0 aromatic heterocycles. The lowest BCUT2D eigenvalue weighted by molar-refractivity contribution is -0.190. The van der Waals surface area contributed by atoms with Gasteiger partial charge in [0.1, 0.15) is 18.2 Å². The molecule has 6 nitrogen and oxygen atoms in total. The van der Waals surface area contributed by atoms with Crippen molar-refractivity contribution in [2.24, 2.45) is 11.8 Å². The fourth-order valence-electron chi connectivity index (χ4n) is 5.26. The Bertz CT molecular complexity index is 608. The monoisotopic (exact) mass is 523 g/mol. The van der Waals surface area contributed by atoms with E-state index in [9.17, 15) is 14.4 Å². The van der Waals surface area contributed by atoms with Gasteiger partial charge in [-0.15, -0.1) is 0 Å². The van der Waals surface area contributed by atoms with Crippen molar-refractivity contribution in [3.63, 3.8) is 0 Å². The molecule has 37 heavy (non-hydrogen) atoms. The van der Waals surface area contributed by atoms with Crippen molar-refractivity contribution in [3.05, 3.63) is 0 Å². The predicted octanol–water partition coefficient (Wildman–Crippen LogP) is 7.66. The SMILES string of the molecule is CCCCCCCCCCCCCC(C[C@@H]1OC(=O)[C@H]1CCCCCC)OC(=O)[C@H](CC(C)C)NC=O. The molecule has 1 fully saturated rings. The maximum Gasteiger partial charge on any atom is 0.328 e. The van der Waals surface area contributed by atoms with Crippen LogP contribution in [-0.2, 0) is 23.9 Å². The molecule has 216 valence electrons. The predicted molar refractivity (Wildman–Crippen MR) is 150 cm³/mol. The molecule has 1 amide bonds. The van der Waals surface area contributed by atoms with Gasteiger partial charge in [-0.1, -0.05) is 118 Å². The Balaban J connectivity index is 2.52. The number of hydrogen-bond acceptors (Lipinski definition) is 5. The first-order valence-corrected chi connectivity index (χ1v) is 15.5. The summed E-state index contributed by atoms with van der Waals surface area (Å²) in [6.45, 7) is 8.47. The second-order valence-corrected chi connectivity index (χ2v) is 11.5. The fraction of sp³-hybridized carbons (Fsp3) is 0.903. The molecule has 1 saturated heterocycles. The van der Waals surface area contributed by atoms with Crippen molar-refractivity contribution in [2.75, 3.05) is 0 Å². The molecular formula is C31H57NO5. The van der Waals surface area contributed by atoms with Crippen LogP contribution in [0.1, 0.15) is 150 Å². The zero-order valence-electron chi connectivity index (χ0n) is 24.4. The lowest BCUT2D eigenvalue weighted by Crippen LogP contribution is -2.48. The van der Waals surface area contributed by atoms with E-state index < -0.39 is 6.04 Å². The van der Waals surface area contributed by atoms with E-state index in [4.69, 9.17) is 9.47 Å². The third-order valence-electron chi connectivity index (χ3n) is 7.56. The van der Waals surface area contributed by atoms with E-state index in [1.165, 1.54) is 70.6 Å². The standard InChI is InChI=1S/C31H57NO5/c1-5-7-9-11-12-13-14-15-16-17-18-20-26(36-31(35)28(32-24-33)22-25(3)4)23-29-27(30(34)37-29)21-19-10-8-6-2/h24-29H,5-23H2,1-4H3,(H,32,33)/t26?,27-,28-,29-/m0/s1. The van der Waals surface area contributed by atoms with Gasteiger partial charge in [-0.2, -0.15) is 0 Å². The van der Waals surface area contributed by atoms with Crippen LogP contribution in [0.3, 0.4) is 0 Å². The molecule has 0 radical (unpaired) electrons. The van der Waals surface area contributed by atoms with Crippen molar-refractivity contribution in [3.8, 4) is 0 Å². The number of carbonyl (C=O) groups is 3.